The summed E-state index contributed by atoms with van der Waals surface area (Å²) in [5.74, 6) is 1.25. The van der Waals surface area contributed by atoms with E-state index >= 15 is 0 Å². The van der Waals surface area contributed by atoms with Crippen LogP contribution in [0, 0.1) is 5.92 Å². The van der Waals surface area contributed by atoms with E-state index in [4.69, 9.17) is 9.26 Å². The average molecular weight is 584 g/mol. The first kappa shape index (κ1) is 27.2. The largest absolute Gasteiger partial charge is 0.573 e. The smallest absolute Gasteiger partial charge is 0.478 e. The summed E-state index contributed by atoms with van der Waals surface area (Å²) in [4.78, 5) is 18.7. The number of carbonyl (C=O) groups is 1. The van der Waals surface area contributed by atoms with Crippen LogP contribution in [0.2, 0.25) is 0 Å². The summed E-state index contributed by atoms with van der Waals surface area (Å²) in [6.45, 7) is 2.42. The van der Waals surface area contributed by atoms with E-state index < -0.39 is 12.3 Å². The highest BCUT2D eigenvalue weighted by atomic mass is 19.4. The van der Waals surface area contributed by atoms with Gasteiger partial charge in [-0.3, -0.25) is 0 Å². The molecule has 1 N–H and O–H groups in total. The van der Waals surface area contributed by atoms with Crippen LogP contribution in [0.1, 0.15) is 91.0 Å². The molecule has 2 saturated heterocycles. The van der Waals surface area contributed by atoms with Gasteiger partial charge in [-0.05, 0) is 80.5 Å². The number of pyridine rings is 1. The standard InChI is InChI=1S/C31H32F3N3O5/c1-16-10-20-12-21(13-25(16)37(20)29-23(17-6-7-17)11-19(14-35-29)30(38)39)40-15-24-27(36-42-28(24)18-8-9-18)22-4-2-3-5-26(22)41-31(32,33)34/h2-5,11,14,16-18,20-21,25H,6-10,12-13,15H2,1H3,(H,38,39). The first-order chi connectivity index (χ1) is 20.2. The Morgan fingerprint density at radius 2 is 1.88 bits per heavy atom. The molecule has 4 atom stereocenters. The van der Waals surface area contributed by atoms with Gasteiger partial charge in [-0.1, -0.05) is 24.2 Å². The summed E-state index contributed by atoms with van der Waals surface area (Å²) >= 11 is 0. The minimum Gasteiger partial charge on any atom is -0.478 e. The Balaban J connectivity index is 1.12. The number of aromatic nitrogens is 2. The maximum atomic E-state index is 13.1. The lowest BCUT2D eigenvalue weighted by molar-refractivity contribution is -0.274. The monoisotopic (exact) mass is 583 g/mol. The lowest BCUT2D eigenvalue weighted by atomic mass is 9.95. The second-order valence-corrected chi connectivity index (χ2v) is 12.2. The van der Waals surface area contributed by atoms with Crippen LogP contribution in [0.4, 0.5) is 19.0 Å². The predicted molar refractivity (Wildman–Crippen MR) is 145 cm³/mol. The van der Waals surface area contributed by atoms with E-state index in [-0.39, 0.29) is 47.6 Å². The molecule has 0 radical (unpaired) electrons. The molecule has 4 unspecified atom stereocenters. The number of piperidine rings is 1. The molecule has 0 spiro atoms. The number of fused-ring (bicyclic) bond motifs is 2. The molecular formula is C31H32F3N3O5. The van der Waals surface area contributed by atoms with Gasteiger partial charge < -0.3 is 24.0 Å². The summed E-state index contributed by atoms with van der Waals surface area (Å²) in [5.41, 5.74) is 2.47. The number of ether oxygens (including phenoxy) is 2. The van der Waals surface area contributed by atoms with E-state index in [1.54, 1.807) is 18.2 Å². The normalized spacial score (nSPS) is 25.6. The number of anilines is 1. The molecule has 4 aliphatic rings. The summed E-state index contributed by atoms with van der Waals surface area (Å²) in [7, 11) is 0. The average Bonchev–Trinajstić information content (AvgIpc) is 3.88. The molecule has 1 aromatic carbocycles. The number of hydrogen-bond acceptors (Lipinski definition) is 7. The quantitative estimate of drug-likeness (QED) is 0.286. The van der Waals surface area contributed by atoms with Gasteiger partial charge >= 0.3 is 12.3 Å². The van der Waals surface area contributed by atoms with Gasteiger partial charge in [0.05, 0.1) is 18.3 Å². The Hall–Kier alpha value is -3.60. The zero-order valence-corrected chi connectivity index (χ0v) is 23.1. The van der Waals surface area contributed by atoms with Crippen molar-refractivity contribution in [1.29, 1.82) is 0 Å². The van der Waals surface area contributed by atoms with E-state index in [2.05, 4.69) is 26.7 Å². The minimum atomic E-state index is -4.83. The van der Waals surface area contributed by atoms with Gasteiger partial charge in [0.25, 0.3) is 0 Å². The highest BCUT2D eigenvalue weighted by Crippen LogP contribution is 2.50. The number of halogens is 3. The van der Waals surface area contributed by atoms with Gasteiger partial charge in [0.1, 0.15) is 23.0 Å². The fraction of sp³-hybridized carbons (Fsp3) is 0.516. The van der Waals surface area contributed by atoms with E-state index in [0.29, 0.717) is 28.9 Å². The van der Waals surface area contributed by atoms with Crippen LogP contribution in [0.5, 0.6) is 5.75 Å². The second-order valence-electron chi connectivity index (χ2n) is 12.2. The number of aromatic carboxylic acids is 1. The fourth-order valence-electron chi connectivity index (χ4n) is 6.85. The lowest BCUT2D eigenvalue weighted by Crippen LogP contribution is -2.47. The van der Waals surface area contributed by atoms with Crippen molar-refractivity contribution < 1.29 is 37.1 Å². The Labute approximate surface area is 240 Å². The van der Waals surface area contributed by atoms with Crippen molar-refractivity contribution in [3.8, 4) is 17.0 Å². The lowest BCUT2D eigenvalue weighted by Gasteiger charge is -2.41. The third-order valence-electron chi connectivity index (χ3n) is 9.09. The number of alkyl halides is 3. The van der Waals surface area contributed by atoms with Gasteiger partial charge in [0.2, 0.25) is 0 Å². The summed E-state index contributed by atoms with van der Waals surface area (Å²) in [6, 6.07) is 8.17. The van der Waals surface area contributed by atoms with Crippen LogP contribution in [-0.4, -0.2) is 45.8 Å². The van der Waals surface area contributed by atoms with Crippen molar-refractivity contribution in [2.45, 2.75) is 94.9 Å². The first-order valence-electron chi connectivity index (χ1n) is 14.6. The van der Waals surface area contributed by atoms with Crippen LogP contribution in [-0.2, 0) is 11.3 Å². The SMILES string of the molecule is CC1CC2CC(OCc3c(-c4ccccc4OC(F)(F)F)noc3C3CC3)CC1N2c1ncc(C(=O)O)cc1C1CC1. The van der Waals surface area contributed by atoms with Crippen molar-refractivity contribution >= 4 is 11.8 Å². The van der Waals surface area contributed by atoms with Gasteiger partial charge in [0, 0.05) is 35.3 Å². The van der Waals surface area contributed by atoms with Crippen LogP contribution < -0.4 is 9.64 Å². The number of hydrogen-bond donors (Lipinski definition) is 1. The Kier molecular flexibility index (Phi) is 6.67. The Morgan fingerprint density at radius 3 is 2.57 bits per heavy atom. The number of benzene rings is 1. The summed E-state index contributed by atoms with van der Waals surface area (Å²) in [5, 5.41) is 13.7. The van der Waals surface area contributed by atoms with Crippen molar-refractivity contribution in [1.82, 2.24) is 10.1 Å². The number of carboxylic acids is 1. The molecule has 8 nitrogen and oxygen atoms in total. The number of carboxylic acid groups (broad SMARTS) is 1. The van der Waals surface area contributed by atoms with Gasteiger partial charge in [-0.25, -0.2) is 9.78 Å². The number of rotatable bonds is 9. The van der Waals surface area contributed by atoms with E-state index in [1.807, 2.05) is 0 Å². The molecule has 42 heavy (non-hydrogen) atoms. The maximum absolute atomic E-state index is 13.1. The zero-order valence-electron chi connectivity index (χ0n) is 23.1. The molecule has 3 aromatic rings. The van der Waals surface area contributed by atoms with Gasteiger partial charge in [-0.15, -0.1) is 13.2 Å². The summed E-state index contributed by atoms with van der Waals surface area (Å²) < 4.78 is 55.9. The molecule has 2 aliphatic carbocycles. The summed E-state index contributed by atoms with van der Waals surface area (Å²) in [6.07, 6.45) is 3.10. The highest BCUT2D eigenvalue weighted by molar-refractivity contribution is 5.88. The molecule has 11 heteroatoms. The molecule has 222 valence electrons. The third kappa shape index (κ3) is 5.23. The first-order valence-corrected chi connectivity index (χ1v) is 14.6. The van der Waals surface area contributed by atoms with Crippen LogP contribution >= 0.6 is 0 Å². The van der Waals surface area contributed by atoms with Crippen LogP contribution in [0.25, 0.3) is 11.3 Å². The molecule has 2 saturated carbocycles. The molecule has 4 heterocycles. The van der Waals surface area contributed by atoms with Crippen LogP contribution in [0.15, 0.2) is 41.1 Å². The van der Waals surface area contributed by atoms with E-state index in [9.17, 15) is 23.1 Å². The minimum absolute atomic E-state index is 0.0552. The Morgan fingerprint density at radius 1 is 1.12 bits per heavy atom. The molecule has 0 amide bonds. The third-order valence-corrected chi connectivity index (χ3v) is 9.09. The number of nitrogens with zero attached hydrogens (tertiary/aromatic N) is 3. The highest BCUT2D eigenvalue weighted by Gasteiger charge is 2.47. The molecule has 4 fully saturated rings. The van der Waals surface area contributed by atoms with Crippen molar-refractivity contribution in [2.75, 3.05) is 4.90 Å². The maximum Gasteiger partial charge on any atom is 0.573 e. The van der Waals surface area contributed by atoms with E-state index in [1.165, 1.54) is 18.3 Å². The molecule has 7 rings (SSSR count). The number of para-hydroxylation sites is 1. The molecule has 2 aliphatic heterocycles. The van der Waals surface area contributed by atoms with Gasteiger partial charge in [0.15, 0.2) is 0 Å². The molecular weight excluding hydrogens is 551 g/mol. The molecule has 2 aromatic heterocycles. The van der Waals surface area contributed by atoms with Crippen LogP contribution in [0.3, 0.4) is 0 Å². The zero-order chi connectivity index (χ0) is 29.2. The topological polar surface area (TPSA) is 97.9 Å². The van der Waals surface area contributed by atoms with Crippen molar-refractivity contribution in [3.05, 3.63) is 59.0 Å². The molecule has 2 bridgehead atoms. The van der Waals surface area contributed by atoms with Crippen molar-refractivity contribution in [2.24, 2.45) is 5.92 Å². The van der Waals surface area contributed by atoms with E-state index in [0.717, 1.165) is 56.3 Å². The predicted octanol–water partition coefficient (Wildman–Crippen LogP) is 7.05. The van der Waals surface area contributed by atoms with Crippen molar-refractivity contribution in [3.63, 3.8) is 0 Å². The van der Waals surface area contributed by atoms with Gasteiger partial charge in [-0.2, -0.15) is 0 Å². The second kappa shape index (κ2) is 10.3. The fourth-order valence-corrected chi connectivity index (χ4v) is 6.85. The Bertz CT molecular complexity index is 1500.